The van der Waals surface area contributed by atoms with Crippen LogP contribution in [0.2, 0.25) is 0 Å². The van der Waals surface area contributed by atoms with Crippen LogP contribution in [0.5, 0.6) is 0 Å². The van der Waals surface area contributed by atoms with Crippen molar-refractivity contribution in [1.82, 2.24) is 5.32 Å². The zero-order valence-electron chi connectivity index (χ0n) is 17.1. The molecule has 2 rings (SSSR count). The van der Waals surface area contributed by atoms with E-state index in [1.165, 1.54) is 0 Å². The number of phosphoric acid groups is 1. The summed E-state index contributed by atoms with van der Waals surface area (Å²) in [5.41, 5.74) is 0. The predicted octanol–water partition coefficient (Wildman–Crippen LogP) is 0.238. The van der Waals surface area contributed by atoms with Crippen molar-refractivity contribution in [2.45, 2.75) is 58.3 Å². The van der Waals surface area contributed by atoms with E-state index in [0.29, 0.717) is 37.3 Å². The molecule has 154 valence electrons. The first kappa shape index (κ1) is 26.0. The van der Waals surface area contributed by atoms with Crippen molar-refractivity contribution in [3.63, 3.8) is 0 Å². The number of carbonyl (C=O) groups excluding carboxylic acids is 1. The fourth-order valence-electron chi connectivity index (χ4n) is 3.65. The van der Waals surface area contributed by atoms with E-state index in [9.17, 15) is 14.3 Å². The third-order valence-electron chi connectivity index (χ3n) is 5.12. The number of unbranched alkanes of at least 4 members (excludes halogenated alkanes) is 3. The van der Waals surface area contributed by atoms with E-state index in [1.54, 1.807) is 6.92 Å². The topological polar surface area (TPSA) is 96.9 Å². The Balaban J connectivity index is 0.00000392. The van der Waals surface area contributed by atoms with Crippen LogP contribution in [0.15, 0.2) is 0 Å². The predicted molar refractivity (Wildman–Crippen MR) is 99.7 cm³/mol. The number of fused-ring (bicyclic) bond motifs is 1. The number of carbonyl (C=O) groups is 1. The minimum Gasteiger partial charge on any atom is -0.756 e. The second-order valence-corrected chi connectivity index (χ2v) is 8.47. The van der Waals surface area contributed by atoms with Crippen molar-refractivity contribution in [2.24, 2.45) is 17.8 Å². The Kier molecular flexibility index (Phi) is 13.0. The molecule has 28 heavy (non-hydrogen) atoms. The van der Waals surface area contributed by atoms with Gasteiger partial charge < -0.3 is 24.0 Å². The monoisotopic (exact) mass is 423 g/mol. The Labute approximate surface area is 190 Å². The molecule has 1 fully saturated rings. The molecule has 0 aromatic heterocycles. The van der Waals surface area contributed by atoms with Gasteiger partial charge in [-0.05, 0) is 50.4 Å². The fourth-order valence-corrected chi connectivity index (χ4v) is 4.39. The van der Waals surface area contributed by atoms with Crippen molar-refractivity contribution in [3.05, 3.63) is 0 Å². The molecule has 0 radical (unpaired) electrons. The molecular weight excluding hydrogens is 392 g/mol. The van der Waals surface area contributed by atoms with Crippen molar-refractivity contribution in [3.8, 4) is 11.8 Å². The number of rotatable bonds is 12. The molecule has 0 spiro atoms. The molecule has 2 aliphatic rings. The molecular formula is C19H31NNaO6P. The summed E-state index contributed by atoms with van der Waals surface area (Å²) in [5, 5.41) is 2.77. The number of amides is 1. The molecule has 2 aliphatic carbocycles. The average Bonchev–Trinajstić information content (AvgIpc) is 3.24. The van der Waals surface area contributed by atoms with Gasteiger partial charge >= 0.3 is 35.7 Å². The zero-order valence-corrected chi connectivity index (χ0v) is 20.0. The second kappa shape index (κ2) is 14.0. The molecule has 2 unspecified atom stereocenters. The van der Waals surface area contributed by atoms with E-state index in [4.69, 9.17) is 9.26 Å². The maximum Gasteiger partial charge on any atom is 1.00 e. The molecule has 1 amide bonds. The van der Waals surface area contributed by atoms with Gasteiger partial charge in [0, 0.05) is 19.4 Å². The summed E-state index contributed by atoms with van der Waals surface area (Å²) in [4.78, 5) is 23.0. The van der Waals surface area contributed by atoms with Gasteiger partial charge in [0.1, 0.15) is 0 Å². The zero-order chi connectivity index (χ0) is 19.5. The molecule has 4 atom stereocenters. The van der Waals surface area contributed by atoms with E-state index in [-0.39, 0.29) is 48.9 Å². The SMILES string of the molecule is CCOP(=O)([O-])OCCCCCCNC(=O)OCC1[C@H]2CCC#CCC[C@@H]12.[Na+]. The normalized spacial score (nSPS) is 24.9. The summed E-state index contributed by atoms with van der Waals surface area (Å²) in [6.07, 6.45) is 7.01. The van der Waals surface area contributed by atoms with E-state index in [2.05, 4.69) is 21.7 Å². The number of alkyl carbamates (subject to hydrolysis) is 1. The van der Waals surface area contributed by atoms with Gasteiger partial charge in [0.2, 0.25) is 0 Å². The summed E-state index contributed by atoms with van der Waals surface area (Å²) in [7, 11) is -4.12. The first-order valence-electron chi connectivity index (χ1n) is 10.00. The third-order valence-corrected chi connectivity index (χ3v) is 6.20. The number of hydrogen-bond donors (Lipinski definition) is 1. The van der Waals surface area contributed by atoms with Crippen LogP contribution in [-0.2, 0) is 18.3 Å². The van der Waals surface area contributed by atoms with Crippen molar-refractivity contribution < 1.29 is 57.6 Å². The molecule has 0 heterocycles. The van der Waals surface area contributed by atoms with Gasteiger partial charge in [-0.2, -0.15) is 0 Å². The first-order chi connectivity index (χ1) is 13.0. The van der Waals surface area contributed by atoms with Crippen LogP contribution in [0, 0.1) is 29.6 Å². The number of nitrogens with one attached hydrogen (secondary N) is 1. The molecule has 9 heteroatoms. The summed E-state index contributed by atoms with van der Waals surface area (Å²) in [5.74, 6) is 8.23. The number of phosphoric ester groups is 1. The minimum atomic E-state index is -4.12. The van der Waals surface area contributed by atoms with Gasteiger partial charge in [-0.1, -0.05) is 12.8 Å². The summed E-state index contributed by atoms with van der Waals surface area (Å²) in [6.45, 7) is 2.88. The van der Waals surface area contributed by atoms with Crippen LogP contribution in [0.4, 0.5) is 4.79 Å². The van der Waals surface area contributed by atoms with E-state index in [0.717, 1.165) is 44.9 Å². The van der Waals surface area contributed by atoms with E-state index < -0.39 is 7.82 Å². The van der Waals surface area contributed by atoms with Crippen LogP contribution in [-0.4, -0.2) is 32.5 Å². The fraction of sp³-hybridized carbons (Fsp3) is 0.842. The Morgan fingerprint density at radius 3 is 2.39 bits per heavy atom. The van der Waals surface area contributed by atoms with Crippen molar-refractivity contribution in [2.75, 3.05) is 26.4 Å². The number of ether oxygens (including phenoxy) is 1. The molecule has 0 saturated heterocycles. The smallest absolute Gasteiger partial charge is 0.756 e. The molecule has 1 saturated carbocycles. The number of hydrogen-bond acceptors (Lipinski definition) is 6. The van der Waals surface area contributed by atoms with Crippen LogP contribution < -0.4 is 39.8 Å². The summed E-state index contributed by atoms with van der Waals surface area (Å²) < 4.78 is 25.8. The Hall–Kier alpha value is -0.0600. The maximum atomic E-state index is 11.8. The van der Waals surface area contributed by atoms with Gasteiger partial charge in [0.15, 0.2) is 0 Å². The van der Waals surface area contributed by atoms with Gasteiger partial charge in [0.25, 0.3) is 7.82 Å². The van der Waals surface area contributed by atoms with E-state index in [1.807, 2.05) is 0 Å². The van der Waals surface area contributed by atoms with Crippen LogP contribution in [0.1, 0.15) is 58.3 Å². The third kappa shape index (κ3) is 10.1. The molecule has 7 nitrogen and oxygen atoms in total. The van der Waals surface area contributed by atoms with Gasteiger partial charge in [0.05, 0.1) is 19.8 Å². The summed E-state index contributed by atoms with van der Waals surface area (Å²) in [6, 6.07) is 0. The standard InChI is InChI=1S/C19H32NO6P.Na/c1-2-25-27(22,23)26-14-10-6-5-9-13-20-19(21)24-15-18-16-11-7-3-4-8-12-17(16)18;/h16-18H,2,5-15H2,1H3,(H,20,21)(H,22,23);/q;+1/p-1/t16-,17+,18?;. The quantitative estimate of drug-likeness (QED) is 0.209. The second-order valence-electron chi connectivity index (χ2n) is 7.06. The van der Waals surface area contributed by atoms with Crippen LogP contribution >= 0.6 is 7.82 Å². The molecule has 0 aliphatic heterocycles. The molecule has 1 N–H and O–H groups in total. The first-order valence-corrected chi connectivity index (χ1v) is 11.5. The molecule has 0 bridgehead atoms. The van der Waals surface area contributed by atoms with Gasteiger partial charge in [-0.3, -0.25) is 4.57 Å². The largest absolute Gasteiger partial charge is 1.00 e. The van der Waals surface area contributed by atoms with Gasteiger partial charge in [-0.25, -0.2) is 4.79 Å². The van der Waals surface area contributed by atoms with Crippen molar-refractivity contribution in [1.29, 1.82) is 0 Å². The minimum absolute atomic E-state index is 0. The average molecular weight is 423 g/mol. The summed E-state index contributed by atoms with van der Waals surface area (Å²) >= 11 is 0. The van der Waals surface area contributed by atoms with E-state index >= 15 is 0 Å². The van der Waals surface area contributed by atoms with Crippen LogP contribution in [0.3, 0.4) is 0 Å². The van der Waals surface area contributed by atoms with Crippen molar-refractivity contribution >= 4 is 13.9 Å². The molecule has 0 aromatic rings. The van der Waals surface area contributed by atoms with Gasteiger partial charge in [-0.15, -0.1) is 11.8 Å². The van der Waals surface area contributed by atoms with Crippen LogP contribution in [0.25, 0.3) is 0 Å². The molecule has 0 aromatic carbocycles. The Bertz CT molecular complexity index is 561. The Morgan fingerprint density at radius 1 is 1.11 bits per heavy atom. The maximum absolute atomic E-state index is 11.8. The Morgan fingerprint density at radius 2 is 1.75 bits per heavy atom.